The van der Waals surface area contributed by atoms with Gasteiger partial charge in [0.25, 0.3) is 0 Å². The van der Waals surface area contributed by atoms with Gasteiger partial charge in [0, 0.05) is 9.90 Å². The quantitative estimate of drug-likeness (QED) is 0.650. The molecule has 1 heterocycles. The van der Waals surface area contributed by atoms with Gasteiger partial charge in [0.2, 0.25) is 0 Å². The summed E-state index contributed by atoms with van der Waals surface area (Å²) in [4.78, 5) is 16.0. The Morgan fingerprint density at radius 2 is 1.82 bits per heavy atom. The van der Waals surface area contributed by atoms with Gasteiger partial charge in [-0.15, -0.1) is 11.3 Å². The number of nitrogens with zero attached hydrogens (tertiary/aromatic N) is 1. The number of carbonyl (C=O) groups is 1. The number of aromatic nitrogens is 1. The number of anilines is 1. The summed E-state index contributed by atoms with van der Waals surface area (Å²) in [7, 11) is -3.08. The van der Waals surface area contributed by atoms with Crippen molar-refractivity contribution in [3.8, 4) is 0 Å². The Balaban J connectivity index is 0.000000200. The van der Waals surface area contributed by atoms with Crippen molar-refractivity contribution in [1.82, 2.24) is 4.98 Å². The molecule has 1 aromatic carbocycles. The average molecular weight is 445 g/mol. The summed E-state index contributed by atoms with van der Waals surface area (Å²) >= 11 is 7.09. The Bertz CT molecular complexity index is 928. The lowest BCUT2D eigenvalue weighted by Crippen LogP contribution is -2.28. The van der Waals surface area contributed by atoms with Crippen LogP contribution in [-0.4, -0.2) is 29.9 Å². The summed E-state index contributed by atoms with van der Waals surface area (Å²) in [6.07, 6.45) is 1.55. The first kappa shape index (κ1) is 22.6. The van der Waals surface area contributed by atoms with E-state index in [0.717, 1.165) is 29.8 Å². The molecule has 1 amide bonds. The normalized spacial score (nSPS) is 14.6. The Kier molecular flexibility index (Phi) is 7.12. The van der Waals surface area contributed by atoms with Crippen LogP contribution in [0, 0.1) is 6.92 Å². The van der Waals surface area contributed by atoms with Crippen LogP contribution in [0.15, 0.2) is 29.2 Å². The Morgan fingerprint density at radius 1 is 1.25 bits per heavy atom. The zero-order valence-electron chi connectivity index (χ0n) is 16.3. The van der Waals surface area contributed by atoms with Gasteiger partial charge in [-0.05, 0) is 49.4 Å². The van der Waals surface area contributed by atoms with Crippen molar-refractivity contribution in [2.24, 2.45) is 0 Å². The third-order valence-corrected chi connectivity index (χ3v) is 8.35. The number of nitrogens with one attached hydrogen (secondary N) is 1. The Hall–Kier alpha value is -1.64. The van der Waals surface area contributed by atoms with Crippen molar-refractivity contribution in [2.45, 2.75) is 62.5 Å². The monoisotopic (exact) mass is 444 g/mol. The second-order valence-corrected chi connectivity index (χ2v) is 11.3. The van der Waals surface area contributed by atoms with E-state index in [4.69, 9.17) is 16.7 Å². The molecule has 2 aromatic rings. The largest absolute Gasteiger partial charge is 0.465 e. The number of benzene rings is 1. The lowest BCUT2D eigenvalue weighted by molar-refractivity contribution is 0.209. The van der Waals surface area contributed by atoms with Crippen molar-refractivity contribution in [1.29, 1.82) is 0 Å². The molecular formula is C19H25ClN2O4S2. The molecule has 0 spiro atoms. The first-order valence-corrected chi connectivity index (χ1v) is 11.6. The van der Waals surface area contributed by atoms with E-state index >= 15 is 0 Å². The van der Waals surface area contributed by atoms with Crippen LogP contribution in [0.3, 0.4) is 0 Å². The molecule has 0 saturated heterocycles. The van der Waals surface area contributed by atoms with E-state index in [2.05, 4.69) is 31.1 Å². The van der Waals surface area contributed by atoms with E-state index in [-0.39, 0.29) is 10.7 Å². The SMILES string of the molecule is Cc1nc(NC(=O)O)sc1C(C)(C)C.O=S(=O)(c1ccc(Cl)cc1)C1CCC1. The summed E-state index contributed by atoms with van der Waals surface area (Å²) in [5, 5.41) is 11.6. The highest BCUT2D eigenvalue weighted by atomic mass is 35.5. The third kappa shape index (κ3) is 5.68. The molecule has 1 aliphatic carbocycles. The van der Waals surface area contributed by atoms with Crippen molar-refractivity contribution in [3.63, 3.8) is 0 Å². The van der Waals surface area contributed by atoms with Gasteiger partial charge in [-0.2, -0.15) is 0 Å². The fraction of sp³-hybridized carbons (Fsp3) is 0.474. The minimum atomic E-state index is -3.08. The molecule has 1 aromatic heterocycles. The van der Waals surface area contributed by atoms with Gasteiger partial charge in [-0.3, -0.25) is 5.32 Å². The van der Waals surface area contributed by atoms with Crippen molar-refractivity contribution in [2.75, 3.05) is 5.32 Å². The maximum absolute atomic E-state index is 11.9. The molecule has 0 atom stereocenters. The zero-order chi connectivity index (χ0) is 21.1. The van der Waals surface area contributed by atoms with Crippen molar-refractivity contribution < 1.29 is 18.3 Å². The highest BCUT2D eigenvalue weighted by molar-refractivity contribution is 7.92. The minimum Gasteiger partial charge on any atom is -0.465 e. The molecule has 1 aliphatic rings. The number of halogens is 1. The predicted octanol–water partition coefficient (Wildman–Crippen LogP) is 5.51. The molecule has 2 N–H and O–H groups in total. The highest BCUT2D eigenvalue weighted by Crippen LogP contribution is 2.33. The average Bonchev–Trinajstić information content (AvgIpc) is 2.86. The minimum absolute atomic E-state index is 0.0141. The predicted molar refractivity (Wildman–Crippen MR) is 113 cm³/mol. The van der Waals surface area contributed by atoms with Crippen LogP contribution in [0.25, 0.3) is 0 Å². The number of carboxylic acid groups (broad SMARTS) is 1. The van der Waals surface area contributed by atoms with Gasteiger partial charge < -0.3 is 5.11 Å². The third-order valence-electron chi connectivity index (χ3n) is 4.32. The maximum Gasteiger partial charge on any atom is 0.410 e. The number of rotatable bonds is 3. The van der Waals surface area contributed by atoms with Crippen LogP contribution in [-0.2, 0) is 15.3 Å². The molecule has 0 radical (unpaired) electrons. The Morgan fingerprint density at radius 3 is 2.21 bits per heavy atom. The van der Waals surface area contributed by atoms with Crippen LogP contribution < -0.4 is 5.32 Å². The number of aryl methyl sites for hydroxylation is 1. The molecule has 0 aliphatic heterocycles. The topological polar surface area (TPSA) is 96.4 Å². The highest BCUT2D eigenvalue weighted by Gasteiger charge is 2.32. The van der Waals surface area contributed by atoms with Gasteiger partial charge in [-0.25, -0.2) is 18.2 Å². The van der Waals surface area contributed by atoms with Crippen LogP contribution >= 0.6 is 22.9 Å². The van der Waals surface area contributed by atoms with Gasteiger partial charge in [0.1, 0.15) is 0 Å². The lowest BCUT2D eigenvalue weighted by Gasteiger charge is -2.25. The van der Waals surface area contributed by atoms with Crippen LogP contribution in [0.5, 0.6) is 0 Å². The molecule has 0 unspecified atom stereocenters. The van der Waals surface area contributed by atoms with E-state index in [1.54, 1.807) is 24.3 Å². The fourth-order valence-corrected chi connectivity index (χ4v) is 5.73. The van der Waals surface area contributed by atoms with Crippen LogP contribution in [0.4, 0.5) is 9.93 Å². The number of hydrogen-bond donors (Lipinski definition) is 2. The zero-order valence-corrected chi connectivity index (χ0v) is 18.7. The first-order chi connectivity index (χ1) is 12.9. The number of amides is 1. The molecule has 3 rings (SSSR count). The number of hydrogen-bond acceptors (Lipinski definition) is 5. The Labute approximate surface area is 174 Å². The van der Waals surface area contributed by atoms with E-state index < -0.39 is 15.9 Å². The van der Waals surface area contributed by atoms with E-state index in [9.17, 15) is 13.2 Å². The van der Waals surface area contributed by atoms with E-state index in [1.807, 2.05) is 6.92 Å². The summed E-state index contributed by atoms with van der Waals surface area (Å²) in [5.41, 5.74) is 0.909. The molecule has 6 nitrogen and oxygen atoms in total. The van der Waals surface area contributed by atoms with Gasteiger partial charge in [0.05, 0.1) is 15.8 Å². The molecule has 28 heavy (non-hydrogen) atoms. The lowest BCUT2D eigenvalue weighted by atomic mass is 9.94. The summed E-state index contributed by atoms with van der Waals surface area (Å²) < 4.78 is 23.8. The first-order valence-electron chi connectivity index (χ1n) is 8.88. The maximum atomic E-state index is 11.9. The molecule has 0 bridgehead atoms. The molecule has 9 heteroatoms. The second-order valence-electron chi connectivity index (χ2n) is 7.67. The van der Waals surface area contributed by atoms with Crippen LogP contribution in [0.2, 0.25) is 5.02 Å². The van der Waals surface area contributed by atoms with Crippen molar-refractivity contribution >= 4 is 44.0 Å². The van der Waals surface area contributed by atoms with E-state index in [1.165, 1.54) is 11.3 Å². The molecule has 154 valence electrons. The van der Waals surface area contributed by atoms with E-state index in [0.29, 0.717) is 15.0 Å². The van der Waals surface area contributed by atoms with Crippen LogP contribution in [0.1, 0.15) is 50.6 Å². The summed E-state index contributed by atoms with van der Waals surface area (Å²) in [5.74, 6) is 0. The summed E-state index contributed by atoms with van der Waals surface area (Å²) in [6.45, 7) is 8.14. The molecule has 1 saturated carbocycles. The van der Waals surface area contributed by atoms with Gasteiger partial charge >= 0.3 is 6.09 Å². The van der Waals surface area contributed by atoms with Gasteiger partial charge in [-0.1, -0.05) is 38.8 Å². The standard InChI is InChI=1S/C10H11ClO2S.C9H14N2O2S/c11-8-4-6-10(7-5-8)14(12,13)9-2-1-3-9;1-5-6(9(2,3)4)14-7(10-5)11-8(12)13/h4-7,9H,1-3H2;1-4H3,(H,10,11)(H,12,13). The summed E-state index contributed by atoms with van der Waals surface area (Å²) in [6, 6.07) is 6.40. The number of thiazole rings is 1. The second kappa shape index (κ2) is 8.80. The number of sulfone groups is 1. The molecular weight excluding hydrogens is 420 g/mol. The smallest absolute Gasteiger partial charge is 0.410 e. The fourth-order valence-electron chi connectivity index (χ4n) is 2.73. The van der Waals surface area contributed by atoms with Crippen molar-refractivity contribution in [3.05, 3.63) is 39.9 Å². The van der Waals surface area contributed by atoms with Gasteiger partial charge in [0.15, 0.2) is 15.0 Å². The molecule has 1 fully saturated rings.